The summed E-state index contributed by atoms with van der Waals surface area (Å²) in [7, 11) is -2.08. The number of hydrogen-bond acceptors (Lipinski definition) is 5. The summed E-state index contributed by atoms with van der Waals surface area (Å²) in [5.41, 5.74) is -0.654. The number of rotatable bonds is 6. The monoisotopic (exact) mass is 350 g/mol. The molecule has 8 nitrogen and oxygen atoms in total. The van der Waals surface area contributed by atoms with Crippen molar-refractivity contribution in [3.8, 4) is 0 Å². The quantitative estimate of drug-likeness (QED) is 0.699. The molecule has 1 rings (SSSR count). The number of carboxylic acids is 1. The van der Waals surface area contributed by atoms with Crippen molar-refractivity contribution in [3.63, 3.8) is 0 Å². The van der Waals surface area contributed by atoms with Gasteiger partial charge in [0.25, 0.3) is 0 Å². The highest BCUT2D eigenvalue weighted by Gasteiger charge is 2.43. The summed E-state index contributed by atoms with van der Waals surface area (Å²) in [6.45, 7) is 5.52. The average molecular weight is 350 g/mol. The highest BCUT2D eigenvalue weighted by atomic mass is 32.2. The van der Waals surface area contributed by atoms with Gasteiger partial charge in [0, 0.05) is 19.7 Å². The highest BCUT2D eigenvalue weighted by molar-refractivity contribution is 7.88. The Hall–Kier alpha value is -1.19. The van der Waals surface area contributed by atoms with Gasteiger partial charge in [-0.25, -0.2) is 13.1 Å². The van der Waals surface area contributed by atoms with Crippen LogP contribution in [0, 0.1) is 5.41 Å². The van der Waals surface area contributed by atoms with Crippen molar-refractivity contribution in [2.24, 2.45) is 5.41 Å². The molecule has 1 amide bonds. The van der Waals surface area contributed by atoms with Crippen LogP contribution in [0.5, 0.6) is 0 Å². The minimum atomic E-state index is -3.59. The lowest BCUT2D eigenvalue weighted by molar-refractivity contribution is -0.141. The molecule has 0 bridgehead atoms. The fraction of sp³-hybridized carbons (Fsp3) is 0.857. The van der Waals surface area contributed by atoms with Crippen LogP contribution in [-0.4, -0.2) is 68.4 Å². The summed E-state index contributed by atoms with van der Waals surface area (Å²) in [4.78, 5) is 25.3. The summed E-state index contributed by atoms with van der Waals surface area (Å²) in [5.74, 6) is -1.43. The lowest BCUT2D eigenvalue weighted by Gasteiger charge is -2.35. The summed E-state index contributed by atoms with van der Waals surface area (Å²) in [5, 5.41) is 9.03. The van der Waals surface area contributed by atoms with Gasteiger partial charge in [-0.2, -0.15) is 0 Å². The third-order valence-corrected chi connectivity index (χ3v) is 4.51. The number of carbonyl (C=O) groups excluding carboxylic acids is 1. The van der Waals surface area contributed by atoms with E-state index in [2.05, 4.69) is 4.72 Å². The number of amides is 1. The van der Waals surface area contributed by atoms with E-state index in [1.165, 1.54) is 12.0 Å². The van der Waals surface area contributed by atoms with E-state index in [0.29, 0.717) is 6.42 Å². The molecule has 1 saturated heterocycles. The van der Waals surface area contributed by atoms with Gasteiger partial charge in [-0.05, 0) is 11.8 Å². The molecular formula is C14H26N2O6S. The van der Waals surface area contributed by atoms with Gasteiger partial charge in [0.2, 0.25) is 15.9 Å². The number of carbonyl (C=O) groups is 2. The first-order valence-corrected chi connectivity index (χ1v) is 9.26. The number of ether oxygens (including phenoxy) is 1. The number of nitrogens with one attached hydrogen (secondary N) is 1. The van der Waals surface area contributed by atoms with Gasteiger partial charge in [0.1, 0.15) is 6.04 Å². The van der Waals surface area contributed by atoms with Crippen LogP contribution in [0.25, 0.3) is 0 Å². The number of methoxy groups -OCH3 is 1. The summed E-state index contributed by atoms with van der Waals surface area (Å²) >= 11 is 0. The Morgan fingerprint density at radius 2 is 1.96 bits per heavy atom. The van der Waals surface area contributed by atoms with Gasteiger partial charge in [0.05, 0.1) is 18.8 Å². The Kier molecular flexibility index (Phi) is 6.17. The number of nitrogens with zero attached hydrogens (tertiary/aromatic N) is 1. The molecule has 2 N–H and O–H groups in total. The van der Waals surface area contributed by atoms with Crippen LogP contribution in [0.4, 0.5) is 0 Å². The molecule has 0 saturated carbocycles. The zero-order chi connectivity index (χ0) is 18.0. The number of hydrogen-bond donors (Lipinski definition) is 2. The van der Waals surface area contributed by atoms with Crippen LogP contribution in [0.2, 0.25) is 0 Å². The molecule has 1 aliphatic rings. The maximum atomic E-state index is 12.9. The molecule has 0 aromatic carbocycles. The molecule has 1 heterocycles. The van der Waals surface area contributed by atoms with Crippen molar-refractivity contribution in [3.05, 3.63) is 0 Å². The fourth-order valence-corrected chi connectivity index (χ4v) is 3.57. The van der Waals surface area contributed by atoms with Crippen LogP contribution < -0.4 is 4.72 Å². The standard InChI is InChI=1S/C14H26N2O6S/c1-14(2,3)12(15-23(5,20)21)13(19)16-8-10(22-4)6-9(16)7-11(17)18/h9-10,12,15H,6-8H2,1-5H3,(H,17,18). The molecule has 1 aliphatic heterocycles. The first-order chi connectivity index (χ1) is 10.3. The normalized spacial score (nSPS) is 23.8. The molecule has 9 heteroatoms. The largest absolute Gasteiger partial charge is 0.481 e. The second kappa shape index (κ2) is 7.14. The average Bonchev–Trinajstić information content (AvgIpc) is 2.75. The van der Waals surface area contributed by atoms with E-state index in [9.17, 15) is 18.0 Å². The van der Waals surface area contributed by atoms with Gasteiger partial charge >= 0.3 is 5.97 Å². The Morgan fingerprint density at radius 3 is 2.35 bits per heavy atom. The summed E-state index contributed by atoms with van der Waals surface area (Å²) in [6.07, 6.45) is 0.976. The maximum Gasteiger partial charge on any atom is 0.305 e. The number of sulfonamides is 1. The van der Waals surface area contributed by atoms with Gasteiger partial charge < -0.3 is 14.7 Å². The maximum absolute atomic E-state index is 12.9. The predicted octanol–water partition coefficient (Wildman–Crippen LogP) is 0.0409. The van der Waals surface area contributed by atoms with E-state index in [0.717, 1.165) is 6.26 Å². The summed E-state index contributed by atoms with van der Waals surface area (Å²) in [6, 6.07) is -1.47. The van der Waals surface area contributed by atoms with E-state index >= 15 is 0 Å². The predicted molar refractivity (Wildman–Crippen MR) is 84.4 cm³/mol. The molecule has 0 spiro atoms. The van der Waals surface area contributed by atoms with E-state index in [-0.39, 0.29) is 19.1 Å². The second-order valence-corrected chi connectivity index (χ2v) is 8.80. The van der Waals surface area contributed by atoms with E-state index in [4.69, 9.17) is 9.84 Å². The Morgan fingerprint density at radius 1 is 1.39 bits per heavy atom. The van der Waals surface area contributed by atoms with Crippen LogP contribution in [-0.2, 0) is 24.3 Å². The number of likely N-dealkylation sites (tertiary alicyclic amines) is 1. The van der Waals surface area contributed by atoms with Crippen LogP contribution in [0.15, 0.2) is 0 Å². The zero-order valence-corrected chi connectivity index (χ0v) is 15.0. The number of aliphatic carboxylic acids is 1. The second-order valence-electron chi connectivity index (χ2n) is 7.02. The topological polar surface area (TPSA) is 113 Å². The van der Waals surface area contributed by atoms with Crippen molar-refractivity contribution >= 4 is 21.9 Å². The van der Waals surface area contributed by atoms with Crippen molar-refractivity contribution in [1.82, 2.24) is 9.62 Å². The highest BCUT2D eigenvalue weighted by Crippen LogP contribution is 2.28. The molecule has 0 radical (unpaired) electrons. The van der Waals surface area contributed by atoms with Crippen molar-refractivity contribution in [1.29, 1.82) is 0 Å². The molecule has 3 unspecified atom stereocenters. The first kappa shape index (κ1) is 19.9. The van der Waals surface area contributed by atoms with Gasteiger partial charge in [-0.3, -0.25) is 9.59 Å². The Bertz CT molecular complexity index is 554. The van der Waals surface area contributed by atoms with Gasteiger partial charge in [-0.1, -0.05) is 20.8 Å². The molecule has 23 heavy (non-hydrogen) atoms. The third kappa shape index (κ3) is 5.74. The van der Waals surface area contributed by atoms with Crippen molar-refractivity contribution in [2.45, 2.75) is 51.8 Å². The smallest absolute Gasteiger partial charge is 0.305 e. The molecule has 3 atom stereocenters. The van der Waals surface area contributed by atoms with Crippen molar-refractivity contribution in [2.75, 3.05) is 19.9 Å². The summed E-state index contributed by atoms with van der Waals surface area (Å²) < 4.78 is 30.8. The lowest BCUT2D eigenvalue weighted by Crippen LogP contribution is -2.55. The Labute approximate surface area is 137 Å². The van der Waals surface area contributed by atoms with E-state index in [1.54, 1.807) is 20.8 Å². The first-order valence-electron chi connectivity index (χ1n) is 7.37. The molecule has 1 fully saturated rings. The van der Waals surface area contributed by atoms with E-state index < -0.39 is 39.4 Å². The molecular weight excluding hydrogens is 324 g/mol. The van der Waals surface area contributed by atoms with E-state index in [1.807, 2.05) is 0 Å². The van der Waals surface area contributed by atoms with Crippen LogP contribution in [0.3, 0.4) is 0 Å². The van der Waals surface area contributed by atoms with Gasteiger partial charge in [-0.15, -0.1) is 0 Å². The van der Waals surface area contributed by atoms with Crippen molar-refractivity contribution < 1.29 is 27.9 Å². The van der Waals surface area contributed by atoms with Crippen LogP contribution in [0.1, 0.15) is 33.6 Å². The van der Waals surface area contributed by atoms with Gasteiger partial charge in [0.15, 0.2) is 0 Å². The van der Waals surface area contributed by atoms with Crippen LogP contribution >= 0.6 is 0 Å². The number of carboxylic acid groups (broad SMARTS) is 1. The zero-order valence-electron chi connectivity index (χ0n) is 14.2. The molecule has 0 aromatic heterocycles. The molecule has 0 aromatic rings. The minimum Gasteiger partial charge on any atom is -0.481 e. The fourth-order valence-electron chi connectivity index (χ4n) is 2.69. The Balaban J connectivity index is 3.06. The molecule has 134 valence electrons. The molecule has 0 aliphatic carbocycles. The SMILES string of the molecule is COC1CC(CC(=O)O)N(C(=O)C(NS(C)(=O)=O)C(C)(C)C)C1. The lowest BCUT2D eigenvalue weighted by atomic mass is 9.86. The minimum absolute atomic E-state index is 0.193. The third-order valence-electron chi connectivity index (χ3n) is 3.85.